The Morgan fingerprint density at radius 3 is 2.52 bits per heavy atom. The molecule has 0 saturated heterocycles. The van der Waals surface area contributed by atoms with Crippen molar-refractivity contribution >= 4 is 21.6 Å². The molecule has 0 spiro atoms. The number of sulfonamides is 1. The van der Waals surface area contributed by atoms with Gasteiger partial charge in [0.05, 0.1) is 4.90 Å². The fourth-order valence-corrected chi connectivity index (χ4v) is 2.53. The number of aromatic nitrogens is 2. The average Bonchev–Trinajstić information content (AvgIpc) is 2.79. The van der Waals surface area contributed by atoms with Gasteiger partial charge in [0.2, 0.25) is 10.0 Å². The summed E-state index contributed by atoms with van der Waals surface area (Å²) < 4.78 is 24.4. The molecular formula is C13H16N4O3S. The monoisotopic (exact) mass is 308 g/mol. The Morgan fingerprint density at radius 2 is 2.00 bits per heavy atom. The van der Waals surface area contributed by atoms with E-state index < -0.39 is 10.0 Å². The van der Waals surface area contributed by atoms with Crippen LogP contribution in [0.1, 0.15) is 21.6 Å². The van der Waals surface area contributed by atoms with E-state index in [-0.39, 0.29) is 10.8 Å². The van der Waals surface area contributed by atoms with E-state index in [0.29, 0.717) is 11.4 Å². The van der Waals surface area contributed by atoms with Gasteiger partial charge in [0.25, 0.3) is 5.91 Å². The predicted octanol–water partition coefficient (Wildman–Crippen LogP) is 0.937. The van der Waals surface area contributed by atoms with Gasteiger partial charge in [-0.15, -0.1) is 0 Å². The first kappa shape index (κ1) is 15.2. The molecule has 0 bridgehead atoms. The summed E-state index contributed by atoms with van der Waals surface area (Å²) in [6, 6.07) is 4.40. The Morgan fingerprint density at radius 1 is 1.33 bits per heavy atom. The number of anilines is 1. The molecule has 0 unspecified atom stereocenters. The van der Waals surface area contributed by atoms with Crippen LogP contribution in [0.25, 0.3) is 0 Å². The smallest absolute Gasteiger partial charge is 0.273 e. The van der Waals surface area contributed by atoms with Crippen LogP contribution < -0.4 is 10.5 Å². The highest BCUT2D eigenvalue weighted by molar-refractivity contribution is 7.89. The van der Waals surface area contributed by atoms with E-state index in [1.54, 1.807) is 27.0 Å². The van der Waals surface area contributed by atoms with Crippen molar-refractivity contribution in [3.05, 3.63) is 41.2 Å². The number of hydrogen-bond acceptors (Lipinski definition) is 4. The number of nitrogens with one attached hydrogen (secondary N) is 1. The molecule has 8 heteroatoms. The molecule has 0 atom stereocenters. The summed E-state index contributed by atoms with van der Waals surface area (Å²) in [7, 11) is -2.18. The third kappa shape index (κ3) is 3.11. The van der Waals surface area contributed by atoms with Crippen LogP contribution in [0.3, 0.4) is 0 Å². The second kappa shape index (κ2) is 5.30. The van der Waals surface area contributed by atoms with E-state index in [0.717, 1.165) is 11.1 Å². The molecule has 0 aliphatic rings. The zero-order chi connectivity index (χ0) is 15.8. The van der Waals surface area contributed by atoms with Gasteiger partial charge in [0, 0.05) is 18.9 Å². The van der Waals surface area contributed by atoms with Gasteiger partial charge in [-0.05, 0) is 43.2 Å². The number of rotatable bonds is 3. The van der Waals surface area contributed by atoms with Crippen LogP contribution >= 0.6 is 0 Å². The summed E-state index contributed by atoms with van der Waals surface area (Å²) in [5.74, 6) is -0.371. The minimum Gasteiger partial charge on any atom is -0.320 e. The summed E-state index contributed by atoms with van der Waals surface area (Å²) >= 11 is 0. The minimum atomic E-state index is -3.83. The molecule has 1 heterocycles. The Labute approximate surface area is 122 Å². The molecule has 0 saturated carbocycles. The largest absolute Gasteiger partial charge is 0.320 e. The Kier molecular flexibility index (Phi) is 3.84. The van der Waals surface area contributed by atoms with Gasteiger partial charge in [0.15, 0.2) is 0 Å². The number of primary sulfonamides is 1. The van der Waals surface area contributed by atoms with Crippen molar-refractivity contribution in [1.82, 2.24) is 9.78 Å². The molecule has 1 aromatic heterocycles. The van der Waals surface area contributed by atoms with Crippen molar-refractivity contribution in [2.24, 2.45) is 12.2 Å². The first-order valence-electron chi connectivity index (χ1n) is 6.13. The lowest BCUT2D eigenvalue weighted by atomic mass is 10.1. The molecule has 0 aliphatic carbocycles. The van der Waals surface area contributed by atoms with Gasteiger partial charge >= 0.3 is 0 Å². The van der Waals surface area contributed by atoms with E-state index in [1.807, 2.05) is 0 Å². The normalized spacial score (nSPS) is 11.4. The van der Waals surface area contributed by atoms with E-state index in [4.69, 9.17) is 5.14 Å². The molecule has 1 aromatic carbocycles. The second-order valence-corrected chi connectivity index (χ2v) is 6.31. The lowest BCUT2D eigenvalue weighted by Gasteiger charge is -2.12. The van der Waals surface area contributed by atoms with Crippen LogP contribution in [0.4, 0.5) is 5.69 Å². The number of benzene rings is 1. The van der Waals surface area contributed by atoms with Gasteiger partial charge in [-0.2, -0.15) is 5.10 Å². The number of aryl methyl sites for hydroxylation is 2. The van der Waals surface area contributed by atoms with Gasteiger partial charge in [0.1, 0.15) is 5.69 Å². The van der Waals surface area contributed by atoms with E-state index >= 15 is 0 Å². The predicted molar refractivity (Wildman–Crippen MR) is 78.5 cm³/mol. The average molecular weight is 308 g/mol. The standard InChI is InChI=1S/C13H16N4O3S/c1-8-6-10(21(14,19)20)7-11(9(8)2)16-13(18)12-4-5-15-17(12)3/h4-7H,1-3H3,(H,16,18)(H2,14,19,20). The molecule has 0 aliphatic heterocycles. The number of hydrogen-bond donors (Lipinski definition) is 2. The lowest BCUT2D eigenvalue weighted by molar-refractivity contribution is 0.101. The van der Waals surface area contributed by atoms with Crippen LogP contribution in [-0.4, -0.2) is 24.1 Å². The number of carbonyl (C=O) groups is 1. The Balaban J connectivity index is 2.43. The highest BCUT2D eigenvalue weighted by atomic mass is 32.2. The van der Waals surface area contributed by atoms with Crippen LogP contribution in [0.5, 0.6) is 0 Å². The van der Waals surface area contributed by atoms with Crippen LogP contribution in [0.15, 0.2) is 29.3 Å². The SMILES string of the molecule is Cc1cc(S(N)(=O)=O)cc(NC(=O)c2ccnn2C)c1C. The fourth-order valence-electron chi connectivity index (χ4n) is 1.90. The van der Waals surface area contributed by atoms with Crippen LogP contribution in [0, 0.1) is 13.8 Å². The van der Waals surface area contributed by atoms with Gasteiger partial charge in [-0.25, -0.2) is 13.6 Å². The first-order chi connectivity index (χ1) is 9.70. The van der Waals surface area contributed by atoms with Crippen LogP contribution in [0.2, 0.25) is 0 Å². The molecule has 7 nitrogen and oxygen atoms in total. The quantitative estimate of drug-likeness (QED) is 0.879. The molecule has 2 aromatic rings. The molecule has 0 fully saturated rings. The molecule has 0 radical (unpaired) electrons. The van der Waals surface area contributed by atoms with Crippen molar-refractivity contribution in [3.8, 4) is 0 Å². The van der Waals surface area contributed by atoms with E-state index in [1.165, 1.54) is 23.0 Å². The number of nitrogens with zero attached hydrogens (tertiary/aromatic N) is 2. The third-order valence-electron chi connectivity index (χ3n) is 3.27. The highest BCUT2D eigenvalue weighted by Gasteiger charge is 2.16. The highest BCUT2D eigenvalue weighted by Crippen LogP contribution is 2.24. The summed E-state index contributed by atoms with van der Waals surface area (Å²) in [5.41, 5.74) is 2.28. The van der Waals surface area contributed by atoms with Crippen molar-refractivity contribution < 1.29 is 13.2 Å². The maximum absolute atomic E-state index is 12.2. The van der Waals surface area contributed by atoms with E-state index in [9.17, 15) is 13.2 Å². The zero-order valence-corrected chi connectivity index (χ0v) is 12.7. The summed E-state index contributed by atoms with van der Waals surface area (Å²) in [5, 5.41) is 11.7. The van der Waals surface area contributed by atoms with Crippen molar-refractivity contribution in [1.29, 1.82) is 0 Å². The van der Waals surface area contributed by atoms with Gasteiger partial charge < -0.3 is 5.32 Å². The topological polar surface area (TPSA) is 107 Å². The zero-order valence-electron chi connectivity index (χ0n) is 11.9. The third-order valence-corrected chi connectivity index (χ3v) is 4.16. The Hall–Kier alpha value is -2.19. The maximum Gasteiger partial charge on any atom is 0.273 e. The number of carbonyl (C=O) groups excluding carboxylic acids is 1. The fraction of sp³-hybridized carbons (Fsp3) is 0.231. The summed E-state index contributed by atoms with van der Waals surface area (Å²) in [6.07, 6.45) is 1.51. The van der Waals surface area contributed by atoms with E-state index in [2.05, 4.69) is 10.4 Å². The van der Waals surface area contributed by atoms with Gasteiger partial charge in [-0.3, -0.25) is 9.48 Å². The molecule has 3 N–H and O–H groups in total. The molecular weight excluding hydrogens is 292 g/mol. The number of nitrogens with two attached hydrogens (primary N) is 1. The number of amides is 1. The second-order valence-electron chi connectivity index (χ2n) is 4.75. The molecule has 21 heavy (non-hydrogen) atoms. The van der Waals surface area contributed by atoms with Crippen molar-refractivity contribution in [2.75, 3.05) is 5.32 Å². The lowest BCUT2D eigenvalue weighted by Crippen LogP contribution is -2.18. The summed E-state index contributed by atoms with van der Waals surface area (Å²) in [6.45, 7) is 3.55. The minimum absolute atomic E-state index is 0.0362. The maximum atomic E-state index is 12.2. The van der Waals surface area contributed by atoms with Crippen molar-refractivity contribution in [2.45, 2.75) is 18.7 Å². The van der Waals surface area contributed by atoms with Crippen molar-refractivity contribution in [3.63, 3.8) is 0 Å². The first-order valence-corrected chi connectivity index (χ1v) is 7.68. The molecule has 1 amide bonds. The van der Waals surface area contributed by atoms with Crippen LogP contribution in [-0.2, 0) is 17.1 Å². The Bertz CT molecular complexity index is 809. The molecule has 2 rings (SSSR count). The summed E-state index contributed by atoms with van der Waals surface area (Å²) in [4.78, 5) is 12.1. The molecule has 112 valence electrons. The van der Waals surface area contributed by atoms with Gasteiger partial charge in [-0.1, -0.05) is 0 Å².